The molecule has 0 saturated heterocycles. The summed E-state index contributed by atoms with van der Waals surface area (Å²) in [5.41, 5.74) is 1.40. The van der Waals surface area contributed by atoms with Gasteiger partial charge in [-0.3, -0.25) is 10.1 Å². The van der Waals surface area contributed by atoms with Gasteiger partial charge in [-0.05, 0) is 24.0 Å². The number of nitrogens with zero attached hydrogens (tertiary/aromatic N) is 1. The maximum absolute atomic E-state index is 11.0. The molecule has 0 aliphatic carbocycles. The number of hydrogen-bond acceptors (Lipinski definition) is 5. The highest BCUT2D eigenvalue weighted by Crippen LogP contribution is 2.25. The topological polar surface area (TPSA) is 87.4 Å². The number of hydrogen-bond donors (Lipinski definition) is 3. The van der Waals surface area contributed by atoms with Crippen molar-refractivity contribution in [3.8, 4) is 0 Å². The van der Waals surface area contributed by atoms with E-state index in [-0.39, 0.29) is 18.3 Å². The minimum atomic E-state index is -0.396. The van der Waals surface area contributed by atoms with Crippen LogP contribution in [0.5, 0.6) is 0 Å². The fraction of sp³-hybridized carbons (Fsp3) is 0.571. The smallest absolute Gasteiger partial charge is 0.292 e. The molecular weight excluding hydrogens is 258 g/mol. The molecule has 1 unspecified atom stereocenters. The van der Waals surface area contributed by atoms with Gasteiger partial charge in [-0.1, -0.05) is 19.9 Å². The van der Waals surface area contributed by atoms with Gasteiger partial charge in [0.15, 0.2) is 0 Å². The molecule has 1 aromatic rings. The SMILES string of the molecule is CNc1ccc(CNC(CO)CC(C)C)cc1[N+](=O)[O-]. The van der Waals surface area contributed by atoms with E-state index in [2.05, 4.69) is 24.5 Å². The Labute approximate surface area is 119 Å². The van der Waals surface area contributed by atoms with E-state index < -0.39 is 4.92 Å². The van der Waals surface area contributed by atoms with Gasteiger partial charge in [0.1, 0.15) is 5.69 Å². The zero-order valence-corrected chi connectivity index (χ0v) is 12.2. The highest BCUT2D eigenvalue weighted by Gasteiger charge is 2.14. The van der Waals surface area contributed by atoms with E-state index in [1.807, 2.05) is 6.07 Å². The third-order valence-electron chi connectivity index (χ3n) is 3.10. The summed E-state index contributed by atoms with van der Waals surface area (Å²) in [5.74, 6) is 0.487. The van der Waals surface area contributed by atoms with Gasteiger partial charge in [0, 0.05) is 25.7 Å². The molecular formula is C14H23N3O3. The molecule has 0 fully saturated rings. The van der Waals surface area contributed by atoms with Crippen LogP contribution in [-0.4, -0.2) is 29.7 Å². The fourth-order valence-electron chi connectivity index (χ4n) is 2.10. The average molecular weight is 281 g/mol. The second-order valence-corrected chi connectivity index (χ2v) is 5.25. The van der Waals surface area contributed by atoms with Gasteiger partial charge in [-0.15, -0.1) is 0 Å². The van der Waals surface area contributed by atoms with E-state index >= 15 is 0 Å². The lowest BCUT2D eigenvalue weighted by Gasteiger charge is -2.18. The van der Waals surface area contributed by atoms with Crippen molar-refractivity contribution in [3.63, 3.8) is 0 Å². The van der Waals surface area contributed by atoms with Crippen molar-refractivity contribution in [2.75, 3.05) is 19.0 Å². The Balaban J connectivity index is 2.73. The van der Waals surface area contributed by atoms with Crippen LogP contribution in [0.1, 0.15) is 25.8 Å². The van der Waals surface area contributed by atoms with Crippen molar-refractivity contribution < 1.29 is 10.0 Å². The first-order chi connectivity index (χ1) is 9.47. The predicted molar refractivity (Wildman–Crippen MR) is 79.8 cm³/mol. The molecule has 6 nitrogen and oxygen atoms in total. The highest BCUT2D eigenvalue weighted by atomic mass is 16.6. The molecule has 112 valence electrons. The van der Waals surface area contributed by atoms with Gasteiger partial charge in [0.2, 0.25) is 0 Å². The lowest BCUT2D eigenvalue weighted by Crippen LogP contribution is -2.33. The summed E-state index contributed by atoms with van der Waals surface area (Å²) in [5, 5.41) is 26.3. The van der Waals surface area contributed by atoms with Crippen LogP contribution in [0.3, 0.4) is 0 Å². The summed E-state index contributed by atoms with van der Waals surface area (Å²) in [6.45, 7) is 4.76. The Morgan fingerprint density at radius 1 is 1.40 bits per heavy atom. The minimum absolute atomic E-state index is 0.0121. The molecule has 6 heteroatoms. The quantitative estimate of drug-likeness (QED) is 0.502. The van der Waals surface area contributed by atoms with Crippen molar-refractivity contribution in [2.45, 2.75) is 32.9 Å². The molecule has 1 rings (SSSR count). The van der Waals surface area contributed by atoms with Crippen LogP contribution < -0.4 is 10.6 Å². The van der Waals surface area contributed by atoms with Crippen molar-refractivity contribution in [3.05, 3.63) is 33.9 Å². The summed E-state index contributed by atoms with van der Waals surface area (Å²) in [4.78, 5) is 10.6. The Morgan fingerprint density at radius 2 is 2.10 bits per heavy atom. The van der Waals surface area contributed by atoms with Crippen LogP contribution in [0.25, 0.3) is 0 Å². The first-order valence-corrected chi connectivity index (χ1v) is 6.77. The number of nitro benzene ring substituents is 1. The summed E-state index contributed by atoms with van der Waals surface area (Å²) in [7, 11) is 1.66. The lowest BCUT2D eigenvalue weighted by atomic mass is 10.0. The van der Waals surface area contributed by atoms with Crippen LogP contribution in [0.2, 0.25) is 0 Å². The number of aliphatic hydroxyl groups is 1. The van der Waals surface area contributed by atoms with E-state index in [0.717, 1.165) is 12.0 Å². The third kappa shape index (κ3) is 4.79. The molecule has 1 aromatic carbocycles. The molecule has 0 aromatic heterocycles. The number of nitro groups is 1. The van der Waals surface area contributed by atoms with Crippen molar-refractivity contribution in [2.24, 2.45) is 5.92 Å². The van der Waals surface area contributed by atoms with Gasteiger partial charge < -0.3 is 15.7 Å². The Hall–Kier alpha value is -1.66. The molecule has 3 N–H and O–H groups in total. The van der Waals surface area contributed by atoms with Crippen molar-refractivity contribution in [1.29, 1.82) is 0 Å². The zero-order valence-electron chi connectivity index (χ0n) is 12.2. The van der Waals surface area contributed by atoms with E-state index in [1.165, 1.54) is 0 Å². The molecule has 0 radical (unpaired) electrons. The number of rotatable bonds is 8. The fourth-order valence-corrected chi connectivity index (χ4v) is 2.10. The van der Waals surface area contributed by atoms with Crippen LogP contribution in [0, 0.1) is 16.0 Å². The maximum atomic E-state index is 11.0. The van der Waals surface area contributed by atoms with E-state index in [4.69, 9.17) is 0 Å². The molecule has 0 heterocycles. The molecule has 0 spiro atoms. The van der Waals surface area contributed by atoms with Gasteiger partial charge in [-0.2, -0.15) is 0 Å². The van der Waals surface area contributed by atoms with Gasteiger partial charge >= 0.3 is 0 Å². The summed E-state index contributed by atoms with van der Waals surface area (Å²) >= 11 is 0. The standard InChI is InChI=1S/C14H23N3O3/c1-10(2)6-12(9-18)16-8-11-4-5-13(15-3)14(7-11)17(19)20/h4-5,7,10,12,15-16,18H,6,8-9H2,1-3H3. The highest BCUT2D eigenvalue weighted by molar-refractivity contribution is 5.62. The van der Waals surface area contributed by atoms with Gasteiger partial charge in [-0.25, -0.2) is 0 Å². The molecule has 0 saturated carbocycles. The molecule has 0 bridgehead atoms. The first kappa shape index (κ1) is 16.4. The Kier molecular flexibility index (Phi) is 6.41. The van der Waals surface area contributed by atoms with Crippen molar-refractivity contribution in [1.82, 2.24) is 5.32 Å². The van der Waals surface area contributed by atoms with E-state index in [9.17, 15) is 15.2 Å². The zero-order chi connectivity index (χ0) is 15.1. The van der Waals surface area contributed by atoms with Gasteiger partial charge in [0.05, 0.1) is 11.5 Å². The summed E-state index contributed by atoms with van der Waals surface area (Å²) < 4.78 is 0. The number of nitrogens with one attached hydrogen (secondary N) is 2. The average Bonchev–Trinajstić information content (AvgIpc) is 2.42. The summed E-state index contributed by atoms with van der Waals surface area (Å²) in [6.07, 6.45) is 0.868. The van der Waals surface area contributed by atoms with Crippen molar-refractivity contribution >= 4 is 11.4 Å². The number of benzene rings is 1. The monoisotopic (exact) mass is 281 g/mol. The molecule has 1 atom stereocenters. The molecule has 20 heavy (non-hydrogen) atoms. The maximum Gasteiger partial charge on any atom is 0.292 e. The second kappa shape index (κ2) is 7.81. The minimum Gasteiger partial charge on any atom is -0.395 e. The lowest BCUT2D eigenvalue weighted by molar-refractivity contribution is -0.384. The third-order valence-corrected chi connectivity index (χ3v) is 3.10. The van der Waals surface area contributed by atoms with Gasteiger partial charge in [0.25, 0.3) is 5.69 Å². The van der Waals surface area contributed by atoms with Crippen LogP contribution in [0.15, 0.2) is 18.2 Å². The second-order valence-electron chi connectivity index (χ2n) is 5.25. The van der Waals surface area contributed by atoms with Crippen LogP contribution in [-0.2, 0) is 6.54 Å². The molecule has 0 aliphatic heterocycles. The molecule has 0 amide bonds. The summed E-state index contributed by atoms with van der Waals surface area (Å²) in [6, 6.07) is 5.11. The Morgan fingerprint density at radius 3 is 2.60 bits per heavy atom. The Bertz CT molecular complexity index is 449. The van der Waals surface area contributed by atoms with E-state index in [1.54, 1.807) is 19.2 Å². The van der Waals surface area contributed by atoms with E-state index in [0.29, 0.717) is 18.2 Å². The number of aliphatic hydroxyl groups excluding tert-OH is 1. The molecule has 0 aliphatic rings. The number of anilines is 1. The van der Waals surface area contributed by atoms with Crippen LogP contribution >= 0.6 is 0 Å². The largest absolute Gasteiger partial charge is 0.395 e. The predicted octanol–water partition coefficient (Wildman–Crippen LogP) is 2.13. The van der Waals surface area contributed by atoms with Crippen LogP contribution in [0.4, 0.5) is 11.4 Å². The normalized spacial score (nSPS) is 12.4. The first-order valence-electron chi connectivity index (χ1n) is 6.77.